The SMILES string of the molecule is CC1CNC(C)N(C)C1. The largest absolute Gasteiger partial charge is 0.302 e. The Hall–Kier alpha value is -0.0800. The van der Waals surface area contributed by atoms with E-state index in [1.165, 1.54) is 13.1 Å². The van der Waals surface area contributed by atoms with Gasteiger partial charge in [0.2, 0.25) is 0 Å². The lowest BCUT2D eigenvalue weighted by Crippen LogP contribution is -2.50. The van der Waals surface area contributed by atoms with Gasteiger partial charge in [0.1, 0.15) is 0 Å². The Morgan fingerprint density at radius 2 is 2.11 bits per heavy atom. The maximum atomic E-state index is 3.41. The molecule has 1 rings (SSSR count). The minimum Gasteiger partial charge on any atom is -0.302 e. The molecule has 1 aliphatic rings. The Balaban J connectivity index is 2.35. The van der Waals surface area contributed by atoms with Gasteiger partial charge in [-0.1, -0.05) is 6.92 Å². The molecule has 2 unspecified atom stereocenters. The number of hydrogen-bond donors (Lipinski definition) is 1. The zero-order valence-electron chi connectivity index (χ0n) is 6.52. The van der Waals surface area contributed by atoms with Crippen LogP contribution in [0.4, 0.5) is 0 Å². The first-order valence-electron chi connectivity index (χ1n) is 3.64. The molecule has 0 aromatic heterocycles. The molecular formula is C7H16N2. The van der Waals surface area contributed by atoms with Crippen molar-refractivity contribution in [3.05, 3.63) is 0 Å². The fraction of sp³-hybridized carbons (Fsp3) is 1.00. The average molecular weight is 128 g/mol. The molecule has 9 heavy (non-hydrogen) atoms. The van der Waals surface area contributed by atoms with E-state index >= 15 is 0 Å². The summed E-state index contributed by atoms with van der Waals surface area (Å²) in [6.07, 6.45) is 0.571. The van der Waals surface area contributed by atoms with Crippen LogP contribution >= 0.6 is 0 Å². The van der Waals surface area contributed by atoms with Crippen LogP contribution in [-0.4, -0.2) is 31.2 Å². The van der Waals surface area contributed by atoms with Crippen LogP contribution in [0.15, 0.2) is 0 Å². The molecule has 2 heteroatoms. The molecule has 1 N–H and O–H groups in total. The molecule has 1 saturated heterocycles. The van der Waals surface area contributed by atoms with E-state index in [4.69, 9.17) is 0 Å². The molecular weight excluding hydrogens is 112 g/mol. The number of nitrogens with one attached hydrogen (secondary N) is 1. The monoisotopic (exact) mass is 128 g/mol. The maximum absolute atomic E-state index is 3.41. The maximum Gasteiger partial charge on any atom is 0.0565 e. The van der Waals surface area contributed by atoms with Gasteiger partial charge < -0.3 is 5.32 Å². The van der Waals surface area contributed by atoms with Crippen LogP contribution in [-0.2, 0) is 0 Å². The molecule has 0 aromatic rings. The molecule has 2 nitrogen and oxygen atoms in total. The lowest BCUT2D eigenvalue weighted by atomic mass is 10.1. The van der Waals surface area contributed by atoms with Crippen molar-refractivity contribution < 1.29 is 0 Å². The smallest absolute Gasteiger partial charge is 0.0565 e. The second-order valence-electron chi connectivity index (χ2n) is 3.13. The summed E-state index contributed by atoms with van der Waals surface area (Å²) in [4.78, 5) is 2.34. The molecule has 0 aliphatic carbocycles. The Bertz CT molecular complexity index is 92.9. The summed E-state index contributed by atoms with van der Waals surface area (Å²) < 4.78 is 0. The van der Waals surface area contributed by atoms with E-state index in [0.717, 1.165) is 5.92 Å². The molecule has 0 amide bonds. The summed E-state index contributed by atoms with van der Waals surface area (Å²) in [7, 11) is 2.16. The Kier molecular flexibility index (Phi) is 2.09. The van der Waals surface area contributed by atoms with E-state index in [9.17, 15) is 0 Å². The fourth-order valence-electron chi connectivity index (χ4n) is 1.24. The van der Waals surface area contributed by atoms with Gasteiger partial charge in [-0.05, 0) is 19.9 Å². The number of rotatable bonds is 0. The second-order valence-corrected chi connectivity index (χ2v) is 3.13. The molecule has 0 bridgehead atoms. The van der Waals surface area contributed by atoms with Gasteiger partial charge in [-0.25, -0.2) is 0 Å². The summed E-state index contributed by atoms with van der Waals surface area (Å²) >= 11 is 0. The van der Waals surface area contributed by atoms with Crippen molar-refractivity contribution in [3.8, 4) is 0 Å². The number of hydrogen-bond acceptors (Lipinski definition) is 2. The molecule has 2 atom stereocenters. The van der Waals surface area contributed by atoms with Gasteiger partial charge >= 0.3 is 0 Å². The van der Waals surface area contributed by atoms with E-state index < -0.39 is 0 Å². The van der Waals surface area contributed by atoms with Crippen LogP contribution in [0.3, 0.4) is 0 Å². The van der Waals surface area contributed by atoms with Crippen molar-refractivity contribution in [2.75, 3.05) is 20.1 Å². The van der Waals surface area contributed by atoms with Gasteiger partial charge in [-0.2, -0.15) is 0 Å². The van der Waals surface area contributed by atoms with Crippen LogP contribution in [0.25, 0.3) is 0 Å². The molecule has 1 aliphatic heterocycles. The van der Waals surface area contributed by atoms with Crippen molar-refractivity contribution >= 4 is 0 Å². The van der Waals surface area contributed by atoms with Crippen LogP contribution < -0.4 is 5.32 Å². The quantitative estimate of drug-likeness (QED) is 0.511. The van der Waals surface area contributed by atoms with Crippen molar-refractivity contribution in [2.24, 2.45) is 5.92 Å². The van der Waals surface area contributed by atoms with Gasteiger partial charge in [0.15, 0.2) is 0 Å². The highest BCUT2D eigenvalue weighted by molar-refractivity contribution is 4.72. The zero-order valence-corrected chi connectivity index (χ0v) is 6.52. The zero-order chi connectivity index (χ0) is 6.85. The van der Waals surface area contributed by atoms with E-state index in [1.54, 1.807) is 0 Å². The van der Waals surface area contributed by atoms with Gasteiger partial charge in [0.25, 0.3) is 0 Å². The predicted octanol–water partition coefficient (Wildman–Crippen LogP) is 0.504. The lowest BCUT2D eigenvalue weighted by Gasteiger charge is -2.34. The lowest BCUT2D eigenvalue weighted by molar-refractivity contribution is 0.143. The number of nitrogens with zero attached hydrogens (tertiary/aromatic N) is 1. The molecule has 0 saturated carbocycles. The summed E-state index contributed by atoms with van der Waals surface area (Å²) in [6.45, 7) is 6.88. The Morgan fingerprint density at radius 3 is 2.56 bits per heavy atom. The van der Waals surface area contributed by atoms with Gasteiger partial charge in [-0.3, -0.25) is 4.90 Å². The van der Waals surface area contributed by atoms with E-state index in [0.29, 0.717) is 6.17 Å². The van der Waals surface area contributed by atoms with Crippen LogP contribution in [0, 0.1) is 5.92 Å². The highest BCUT2D eigenvalue weighted by atomic mass is 15.3. The van der Waals surface area contributed by atoms with Crippen LogP contribution in [0.1, 0.15) is 13.8 Å². The molecule has 54 valence electrons. The summed E-state index contributed by atoms with van der Waals surface area (Å²) in [5.41, 5.74) is 0. The van der Waals surface area contributed by atoms with Crippen molar-refractivity contribution in [2.45, 2.75) is 20.0 Å². The van der Waals surface area contributed by atoms with E-state index in [1.807, 2.05) is 0 Å². The van der Waals surface area contributed by atoms with Crippen molar-refractivity contribution in [1.82, 2.24) is 10.2 Å². The van der Waals surface area contributed by atoms with Gasteiger partial charge in [0.05, 0.1) is 6.17 Å². The Morgan fingerprint density at radius 1 is 1.44 bits per heavy atom. The second kappa shape index (κ2) is 2.67. The van der Waals surface area contributed by atoms with E-state index in [-0.39, 0.29) is 0 Å². The van der Waals surface area contributed by atoms with Crippen LogP contribution in [0.5, 0.6) is 0 Å². The topological polar surface area (TPSA) is 15.3 Å². The fourth-order valence-corrected chi connectivity index (χ4v) is 1.24. The van der Waals surface area contributed by atoms with Gasteiger partial charge in [-0.15, -0.1) is 0 Å². The third-order valence-electron chi connectivity index (χ3n) is 2.02. The Labute approximate surface area is 57.2 Å². The normalized spacial score (nSPS) is 39.0. The molecule has 0 spiro atoms. The molecule has 1 heterocycles. The summed E-state index contributed by atoms with van der Waals surface area (Å²) in [5, 5.41) is 3.41. The summed E-state index contributed by atoms with van der Waals surface area (Å²) in [6, 6.07) is 0. The van der Waals surface area contributed by atoms with E-state index in [2.05, 4.69) is 31.1 Å². The highest BCUT2D eigenvalue weighted by Crippen LogP contribution is 2.05. The van der Waals surface area contributed by atoms with Crippen LogP contribution in [0.2, 0.25) is 0 Å². The van der Waals surface area contributed by atoms with Crippen molar-refractivity contribution in [1.29, 1.82) is 0 Å². The molecule has 0 radical (unpaired) electrons. The first kappa shape index (κ1) is 7.03. The minimum atomic E-state index is 0.571. The first-order chi connectivity index (χ1) is 4.20. The minimum absolute atomic E-state index is 0.571. The third kappa shape index (κ3) is 1.66. The average Bonchev–Trinajstić information content (AvgIpc) is 1.80. The predicted molar refractivity (Wildman–Crippen MR) is 39.3 cm³/mol. The first-order valence-corrected chi connectivity index (χ1v) is 3.64. The molecule has 0 aromatic carbocycles. The van der Waals surface area contributed by atoms with Crippen molar-refractivity contribution in [3.63, 3.8) is 0 Å². The third-order valence-corrected chi connectivity index (χ3v) is 2.02. The molecule has 1 fully saturated rings. The summed E-state index contributed by atoms with van der Waals surface area (Å²) in [5.74, 6) is 0.811. The highest BCUT2D eigenvalue weighted by Gasteiger charge is 2.17. The van der Waals surface area contributed by atoms with Gasteiger partial charge in [0, 0.05) is 13.1 Å². The standard InChI is InChI=1S/C7H16N2/c1-6-4-8-7(2)9(3)5-6/h6-8H,4-5H2,1-3H3.